The fraction of sp³-hybridized carbons (Fsp3) is 0.583. The van der Waals surface area contributed by atoms with Gasteiger partial charge in [-0.3, -0.25) is 0 Å². The van der Waals surface area contributed by atoms with Gasteiger partial charge in [0.25, 0.3) is 0 Å². The summed E-state index contributed by atoms with van der Waals surface area (Å²) in [7, 11) is 4.24. The highest BCUT2D eigenvalue weighted by Gasteiger charge is 2.16. The zero-order chi connectivity index (χ0) is 24.1. The molecular formula is C24H36Cl2N4O3. The minimum atomic E-state index is -0.0220. The molecule has 2 aliphatic rings. The van der Waals surface area contributed by atoms with Crippen molar-refractivity contribution in [2.45, 2.75) is 51.1 Å². The van der Waals surface area contributed by atoms with Crippen LogP contribution in [0.5, 0.6) is 0 Å². The molecule has 7 nitrogen and oxygen atoms in total. The zero-order valence-corrected chi connectivity index (χ0v) is 21.0. The zero-order valence-electron chi connectivity index (χ0n) is 19.5. The van der Waals surface area contributed by atoms with Gasteiger partial charge in [0, 0.05) is 38.6 Å². The van der Waals surface area contributed by atoms with E-state index in [1.807, 2.05) is 6.07 Å². The van der Waals surface area contributed by atoms with Gasteiger partial charge in [0.1, 0.15) is 10.3 Å². The third-order valence-corrected chi connectivity index (χ3v) is 6.05. The average molecular weight is 499 g/mol. The van der Waals surface area contributed by atoms with Crippen molar-refractivity contribution >= 4 is 23.2 Å². The lowest BCUT2D eigenvalue weighted by molar-refractivity contribution is 0.00203. The molecule has 0 aromatic carbocycles. The summed E-state index contributed by atoms with van der Waals surface area (Å²) in [6.45, 7) is 5.03. The highest BCUT2D eigenvalue weighted by Crippen LogP contribution is 2.15. The van der Waals surface area contributed by atoms with Crippen LogP contribution in [0.4, 0.5) is 0 Å². The Morgan fingerprint density at radius 2 is 1.33 bits per heavy atom. The van der Waals surface area contributed by atoms with Crippen LogP contribution in [0.2, 0.25) is 10.3 Å². The molecule has 0 atom stereocenters. The van der Waals surface area contributed by atoms with E-state index in [1.54, 1.807) is 30.6 Å². The Bertz CT molecular complexity index is 754. The van der Waals surface area contributed by atoms with E-state index in [4.69, 9.17) is 38.2 Å². The highest BCUT2D eigenvalue weighted by molar-refractivity contribution is 6.29. The molecule has 0 amide bonds. The summed E-state index contributed by atoms with van der Waals surface area (Å²) in [5.41, 5.74) is 1.86. The standard InChI is InChI=1S/C12H17ClN2O.C6H6ClNO.C6H13NO/c1-15-6-4-11(5-7-15)16-9-10-2-3-12(13)14-8-10;7-6-2-1-5(4-9)3-8-6;1-7-4-2-6(8)3-5-7/h2-3,8,11H,4-7,9H2,1H3;1-3,9H,4H2;6,8H,2-5H2,1H3. The van der Waals surface area contributed by atoms with Gasteiger partial charge in [-0.05, 0) is 63.0 Å². The lowest BCUT2D eigenvalue weighted by atomic mass is 10.1. The number of piperidine rings is 2. The summed E-state index contributed by atoms with van der Waals surface area (Å²) >= 11 is 11.2. The third kappa shape index (κ3) is 12.1. The highest BCUT2D eigenvalue weighted by atomic mass is 35.5. The first-order chi connectivity index (χ1) is 15.9. The molecule has 0 unspecified atom stereocenters. The molecule has 9 heteroatoms. The van der Waals surface area contributed by atoms with Crippen LogP contribution in [-0.4, -0.2) is 82.5 Å². The molecule has 33 heavy (non-hydrogen) atoms. The summed E-state index contributed by atoms with van der Waals surface area (Å²) in [6.07, 6.45) is 7.85. The molecule has 2 N–H and O–H groups in total. The lowest BCUT2D eigenvalue weighted by Gasteiger charge is -2.28. The van der Waals surface area contributed by atoms with Gasteiger partial charge in [-0.25, -0.2) is 9.97 Å². The predicted octanol–water partition coefficient (Wildman–Crippen LogP) is 3.65. The Kier molecular flexibility index (Phi) is 13.2. The second-order valence-electron chi connectivity index (χ2n) is 8.48. The van der Waals surface area contributed by atoms with Crippen molar-refractivity contribution in [1.82, 2.24) is 19.8 Å². The predicted molar refractivity (Wildman–Crippen MR) is 132 cm³/mol. The Morgan fingerprint density at radius 1 is 0.848 bits per heavy atom. The van der Waals surface area contributed by atoms with Gasteiger partial charge in [0.2, 0.25) is 0 Å². The van der Waals surface area contributed by atoms with Crippen molar-refractivity contribution in [1.29, 1.82) is 0 Å². The van der Waals surface area contributed by atoms with E-state index in [0.29, 0.717) is 23.0 Å². The van der Waals surface area contributed by atoms with Crippen LogP contribution < -0.4 is 0 Å². The molecule has 4 rings (SSSR count). The van der Waals surface area contributed by atoms with Crippen molar-refractivity contribution in [2.75, 3.05) is 40.3 Å². The Hall–Kier alpha value is -1.32. The molecule has 2 saturated heterocycles. The molecule has 0 radical (unpaired) electrons. The van der Waals surface area contributed by atoms with Crippen molar-refractivity contribution in [3.63, 3.8) is 0 Å². The summed E-state index contributed by atoms with van der Waals surface area (Å²) in [6, 6.07) is 7.14. The number of aromatic nitrogens is 2. The summed E-state index contributed by atoms with van der Waals surface area (Å²) in [5.74, 6) is 0. The van der Waals surface area contributed by atoms with Crippen molar-refractivity contribution < 1.29 is 14.9 Å². The smallest absolute Gasteiger partial charge is 0.129 e. The first kappa shape index (κ1) is 27.9. The van der Waals surface area contributed by atoms with Crippen LogP contribution in [0.3, 0.4) is 0 Å². The molecule has 0 saturated carbocycles. The Balaban J connectivity index is 0.000000192. The first-order valence-corrected chi connectivity index (χ1v) is 12.1. The normalized spacial score (nSPS) is 18.1. The molecule has 0 bridgehead atoms. The second kappa shape index (κ2) is 15.6. The van der Waals surface area contributed by atoms with Crippen molar-refractivity contribution in [2.24, 2.45) is 0 Å². The van der Waals surface area contributed by atoms with E-state index in [1.165, 1.54) is 0 Å². The van der Waals surface area contributed by atoms with Gasteiger partial charge < -0.3 is 24.7 Å². The number of rotatable bonds is 4. The summed E-state index contributed by atoms with van der Waals surface area (Å²) < 4.78 is 5.85. The van der Waals surface area contributed by atoms with E-state index in [0.717, 1.165) is 63.0 Å². The van der Waals surface area contributed by atoms with Crippen LogP contribution in [0, 0.1) is 0 Å². The molecule has 4 heterocycles. The van der Waals surface area contributed by atoms with Crippen LogP contribution >= 0.6 is 23.2 Å². The number of halogens is 2. The molecule has 2 fully saturated rings. The van der Waals surface area contributed by atoms with Gasteiger partial charge >= 0.3 is 0 Å². The fourth-order valence-corrected chi connectivity index (χ4v) is 3.58. The number of pyridine rings is 2. The lowest BCUT2D eigenvalue weighted by Crippen LogP contribution is -2.34. The fourth-order valence-electron chi connectivity index (χ4n) is 3.35. The van der Waals surface area contributed by atoms with Crippen LogP contribution in [0.15, 0.2) is 36.7 Å². The van der Waals surface area contributed by atoms with Crippen LogP contribution in [-0.2, 0) is 18.0 Å². The minimum Gasteiger partial charge on any atom is -0.393 e. The van der Waals surface area contributed by atoms with Crippen molar-refractivity contribution in [3.8, 4) is 0 Å². The van der Waals surface area contributed by atoms with E-state index < -0.39 is 0 Å². The molecule has 2 aromatic rings. The maximum absolute atomic E-state index is 9.00. The minimum absolute atomic E-state index is 0.0180. The summed E-state index contributed by atoms with van der Waals surface area (Å²) in [4.78, 5) is 12.4. The quantitative estimate of drug-likeness (QED) is 0.622. The van der Waals surface area contributed by atoms with E-state index in [-0.39, 0.29) is 12.7 Å². The van der Waals surface area contributed by atoms with Gasteiger partial charge in [-0.15, -0.1) is 0 Å². The first-order valence-electron chi connectivity index (χ1n) is 11.3. The SMILES string of the molecule is CN1CCC(O)CC1.CN1CCC(OCc2ccc(Cl)nc2)CC1.OCc1ccc(Cl)nc1. The maximum Gasteiger partial charge on any atom is 0.129 e. The topological polar surface area (TPSA) is 82.0 Å². The van der Waals surface area contributed by atoms with Gasteiger partial charge in [0.05, 0.1) is 25.4 Å². The van der Waals surface area contributed by atoms with Gasteiger partial charge in [0.15, 0.2) is 0 Å². The van der Waals surface area contributed by atoms with Crippen LogP contribution in [0.25, 0.3) is 0 Å². The number of ether oxygens (including phenoxy) is 1. The summed E-state index contributed by atoms with van der Waals surface area (Å²) in [5, 5.41) is 18.5. The number of aliphatic hydroxyl groups excluding tert-OH is 2. The molecule has 0 aliphatic carbocycles. The number of hydrogen-bond acceptors (Lipinski definition) is 7. The number of hydrogen-bond donors (Lipinski definition) is 2. The molecule has 2 aromatic heterocycles. The third-order valence-electron chi connectivity index (χ3n) is 5.60. The second-order valence-corrected chi connectivity index (χ2v) is 9.26. The molecule has 0 spiro atoms. The number of nitrogens with zero attached hydrogens (tertiary/aromatic N) is 4. The Morgan fingerprint density at radius 3 is 1.76 bits per heavy atom. The number of aliphatic hydroxyl groups is 2. The van der Waals surface area contributed by atoms with Crippen LogP contribution in [0.1, 0.15) is 36.8 Å². The van der Waals surface area contributed by atoms with Crippen molar-refractivity contribution in [3.05, 3.63) is 58.1 Å². The molecule has 184 valence electrons. The van der Waals surface area contributed by atoms with Gasteiger partial charge in [-0.1, -0.05) is 35.3 Å². The van der Waals surface area contributed by atoms with E-state index in [2.05, 4.69) is 33.9 Å². The molecular weight excluding hydrogens is 463 g/mol. The largest absolute Gasteiger partial charge is 0.393 e. The van der Waals surface area contributed by atoms with E-state index >= 15 is 0 Å². The maximum atomic E-state index is 9.00. The van der Waals surface area contributed by atoms with E-state index in [9.17, 15) is 0 Å². The number of likely N-dealkylation sites (tertiary alicyclic amines) is 2. The Labute approximate surface area is 207 Å². The monoisotopic (exact) mass is 498 g/mol. The molecule has 2 aliphatic heterocycles. The van der Waals surface area contributed by atoms with Gasteiger partial charge in [-0.2, -0.15) is 0 Å². The average Bonchev–Trinajstić information content (AvgIpc) is 2.83.